The fraction of sp³-hybridized carbons (Fsp3) is 0.500. The zero-order chi connectivity index (χ0) is 14.3. The Morgan fingerprint density at radius 3 is 1.39 bits per heavy atom. The normalized spacial score (nSPS) is 15.8. The largest absolute Gasteiger partial charge is 0.456 e. The molecule has 0 aliphatic carbocycles. The molecule has 4 N–H and O–H groups in total. The van der Waals surface area contributed by atoms with Gasteiger partial charge in [-0.15, -0.1) is 0 Å². The molecular weight excluding hydrogens is 236 g/mol. The fourth-order valence-corrected chi connectivity index (χ4v) is 0.998. The van der Waals surface area contributed by atoms with Crippen LogP contribution < -0.4 is 11.5 Å². The number of allylic oxidation sites excluding steroid dienone is 2. The van der Waals surface area contributed by atoms with Crippen molar-refractivity contribution in [1.29, 1.82) is 0 Å². The van der Waals surface area contributed by atoms with E-state index in [4.69, 9.17) is 20.9 Å². The first-order chi connectivity index (χ1) is 8.22. The molecule has 2 unspecified atom stereocenters. The summed E-state index contributed by atoms with van der Waals surface area (Å²) in [5, 5.41) is 0. The van der Waals surface area contributed by atoms with Gasteiger partial charge in [0.2, 0.25) is 0 Å². The Bertz CT molecular complexity index is 330. The summed E-state index contributed by atoms with van der Waals surface area (Å²) in [6.07, 6.45) is 1.16. The van der Waals surface area contributed by atoms with Crippen LogP contribution in [0, 0.1) is 0 Å². The second-order valence-electron chi connectivity index (χ2n) is 4.06. The van der Waals surface area contributed by atoms with Crippen LogP contribution in [0.25, 0.3) is 0 Å². The fourth-order valence-electron chi connectivity index (χ4n) is 0.998. The van der Waals surface area contributed by atoms with Gasteiger partial charge in [-0.25, -0.2) is 9.59 Å². The van der Waals surface area contributed by atoms with Crippen LogP contribution >= 0.6 is 0 Å². The summed E-state index contributed by atoms with van der Waals surface area (Å²) in [4.78, 5) is 22.6. The summed E-state index contributed by atoms with van der Waals surface area (Å²) in [7, 11) is 0. The van der Waals surface area contributed by atoms with Crippen LogP contribution in [-0.4, -0.2) is 24.1 Å². The highest BCUT2D eigenvalue weighted by molar-refractivity contribution is 5.83. The van der Waals surface area contributed by atoms with Crippen molar-refractivity contribution in [2.75, 3.05) is 0 Å². The summed E-state index contributed by atoms with van der Waals surface area (Å²) >= 11 is 0. The molecule has 0 rings (SSSR count). The molecule has 0 aliphatic rings. The molecule has 0 saturated heterocycles. The zero-order valence-electron chi connectivity index (χ0n) is 11.1. The average molecular weight is 256 g/mol. The lowest BCUT2D eigenvalue weighted by molar-refractivity contribution is -0.158. The van der Waals surface area contributed by atoms with E-state index in [1.807, 2.05) is 0 Å². The monoisotopic (exact) mass is 256 g/mol. The number of ether oxygens (including phenoxy) is 2. The van der Waals surface area contributed by atoms with Crippen molar-refractivity contribution >= 4 is 11.9 Å². The van der Waals surface area contributed by atoms with Gasteiger partial charge in [-0.05, 0) is 27.7 Å². The van der Waals surface area contributed by atoms with E-state index in [1.54, 1.807) is 27.7 Å². The molecule has 0 bridgehead atoms. The quantitative estimate of drug-likeness (QED) is 0.550. The molecule has 102 valence electrons. The zero-order valence-corrected chi connectivity index (χ0v) is 11.1. The lowest BCUT2D eigenvalue weighted by atomic mass is 10.2. The number of carbonyl (C=O) groups excluding carboxylic acids is 2. The molecule has 2 atom stereocenters. The molecular formula is C12H20N2O4. The van der Waals surface area contributed by atoms with Crippen molar-refractivity contribution in [2.45, 2.75) is 39.9 Å². The number of nitrogens with two attached hydrogens (primary N) is 2. The van der Waals surface area contributed by atoms with Gasteiger partial charge in [-0.1, -0.05) is 0 Å². The van der Waals surface area contributed by atoms with Crippen molar-refractivity contribution < 1.29 is 19.1 Å². The molecule has 0 aromatic carbocycles. The summed E-state index contributed by atoms with van der Waals surface area (Å²) in [5.74, 6) is -1.15. The maximum absolute atomic E-state index is 11.3. The molecule has 6 nitrogen and oxygen atoms in total. The van der Waals surface area contributed by atoms with Gasteiger partial charge >= 0.3 is 11.9 Å². The van der Waals surface area contributed by atoms with Gasteiger partial charge in [0.1, 0.15) is 12.2 Å². The van der Waals surface area contributed by atoms with E-state index >= 15 is 0 Å². The van der Waals surface area contributed by atoms with Crippen LogP contribution in [0.5, 0.6) is 0 Å². The maximum Gasteiger partial charge on any atom is 0.332 e. The highest BCUT2D eigenvalue weighted by atomic mass is 16.6. The van der Waals surface area contributed by atoms with Crippen LogP contribution in [-0.2, 0) is 19.1 Å². The smallest absolute Gasteiger partial charge is 0.332 e. The minimum Gasteiger partial charge on any atom is -0.456 e. The molecule has 0 radical (unpaired) electrons. The van der Waals surface area contributed by atoms with Gasteiger partial charge in [0, 0.05) is 23.5 Å². The number of carbonyl (C=O) groups is 2. The molecule has 0 amide bonds. The first kappa shape index (κ1) is 16.0. The second kappa shape index (κ2) is 7.37. The summed E-state index contributed by atoms with van der Waals surface area (Å²) in [6, 6.07) is 0. The Balaban J connectivity index is 4.31. The van der Waals surface area contributed by atoms with E-state index in [0.29, 0.717) is 11.4 Å². The Morgan fingerprint density at radius 2 is 1.17 bits per heavy atom. The number of rotatable bonds is 5. The number of hydrogen-bond acceptors (Lipinski definition) is 6. The molecule has 0 fully saturated rings. The van der Waals surface area contributed by atoms with E-state index < -0.39 is 24.1 Å². The van der Waals surface area contributed by atoms with Crippen LogP contribution in [0.1, 0.15) is 27.7 Å². The average Bonchev–Trinajstić information content (AvgIpc) is 2.13. The maximum atomic E-state index is 11.3. The lowest BCUT2D eigenvalue weighted by Crippen LogP contribution is -2.30. The van der Waals surface area contributed by atoms with E-state index in [0.717, 1.165) is 12.2 Å². The number of esters is 2. The summed E-state index contributed by atoms with van der Waals surface area (Å²) < 4.78 is 10.0. The predicted molar refractivity (Wildman–Crippen MR) is 67.0 cm³/mol. The van der Waals surface area contributed by atoms with Crippen molar-refractivity contribution in [3.8, 4) is 0 Å². The predicted octanol–water partition coefficient (Wildman–Crippen LogP) is 0.575. The molecule has 18 heavy (non-hydrogen) atoms. The third kappa shape index (κ3) is 7.32. The van der Waals surface area contributed by atoms with Gasteiger partial charge in [0.15, 0.2) is 0 Å². The van der Waals surface area contributed by atoms with Crippen LogP contribution in [0.15, 0.2) is 23.5 Å². The second-order valence-corrected chi connectivity index (χ2v) is 4.06. The molecule has 0 aliphatic heterocycles. The summed E-state index contributed by atoms with van der Waals surface area (Å²) in [6.45, 7) is 6.39. The lowest BCUT2D eigenvalue weighted by Gasteiger charge is -2.19. The Kier molecular flexibility index (Phi) is 6.56. The Hall–Kier alpha value is -1.98. The number of hydrogen-bond donors (Lipinski definition) is 2. The molecule has 0 aromatic rings. The molecule has 6 heteroatoms. The van der Waals surface area contributed by atoms with Crippen molar-refractivity contribution in [2.24, 2.45) is 11.5 Å². The molecule has 0 aromatic heterocycles. The van der Waals surface area contributed by atoms with Gasteiger partial charge in [-0.2, -0.15) is 0 Å². The van der Waals surface area contributed by atoms with E-state index in [9.17, 15) is 9.59 Å². The third-order valence-corrected chi connectivity index (χ3v) is 1.96. The highest BCUT2D eigenvalue weighted by Gasteiger charge is 2.19. The van der Waals surface area contributed by atoms with Crippen molar-refractivity contribution in [1.82, 2.24) is 0 Å². The first-order valence-corrected chi connectivity index (χ1v) is 5.51. The van der Waals surface area contributed by atoms with Crippen molar-refractivity contribution in [3.63, 3.8) is 0 Å². The summed E-state index contributed by atoms with van der Waals surface area (Å²) in [5.41, 5.74) is 11.4. The first-order valence-electron chi connectivity index (χ1n) is 5.51. The molecule has 0 spiro atoms. The van der Waals surface area contributed by atoms with Gasteiger partial charge in [0.05, 0.1) is 0 Å². The van der Waals surface area contributed by atoms with E-state index in [2.05, 4.69) is 0 Å². The van der Waals surface area contributed by atoms with Gasteiger partial charge in [0.25, 0.3) is 0 Å². The van der Waals surface area contributed by atoms with Gasteiger partial charge < -0.3 is 20.9 Å². The Morgan fingerprint density at radius 1 is 0.889 bits per heavy atom. The van der Waals surface area contributed by atoms with E-state index in [1.165, 1.54) is 0 Å². The third-order valence-electron chi connectivity index (χ3n) is 1.96. The molecule has 0 heterocycles. The van der Waals surface area contributed by atoms with Crippen LogP contribution in [0.2, 0.25) is 0 Å². The Labute approximate surface area is 107 Å². The standard InChI is InChI=1S/C12H20N2O4/c1-7(13)5-11(15)17-9(3)10(4)18-12(16)6-8(2)14/h5-6,9-10H,13-14H2,1-4H3/b7-5-,8-6-. The SMILES string of the molecule is C/C(N)=C/C(=O)OC(C)C(C)OC(=O)/C=C(/C)N. The van der Waals surface area contributed by atoms with Crippen molar-refractivity contribution in [3.05, 3.63) is 23.5 Å². The minimum absolute atomic E-state index is 0.346. The van der Waals surface area contributed by atoms with Crippen LogP contribution in [0.4, 0.5) is 0 Å². The minimum atomic E-state index is -0.580. The molecule has 0 saturated carbocycles. The topological polar surface area (TPSA) is 105 Å². The highest BCUT2D eigenvalue weighted by Crippen LogP contribution is 2.05. The van der Waals surface area contributed by atoms with E-state index in [-0.39, 0.29) is 0 Å². The van der Waals surface area contributed by atoms with Crippen LogP contribution in [0.3, 0.4) is 0 Å². The van der Waals surface area contributed by atoms with Gasteiger partial charge in [-0.3, -0.25) is 0 Å².